The minimum atomic E-state index is 0.484. The summed E-state index contributed by atoms with van der Waals surface area (Å²) in [7, 11) is 0. The summed E-state index contributed by atoms with van der Waals surface area (Å²) in [5.74, 6) is 0. The maximum absolute atomic E-state index is 6.14. The number of hydrogen-bond donors (Lipinski definition) is 0. The molecule has 1 aromatic heterocycles. The molecule has 1 aliphatic carbocycles. The number of halogens is 2. The lowest BCUT2D eigenvalue weighted by atomic mass is 10.1. The molecule has 1 saturated carbocycles. The first-order chi connectivity index (χ1) is 14.7. The van der Waals surface area contributed by atoms with E-state index < -0.39 is 0 Å². The van der Waals surface area contributed by atoms with Crippen molar-refractivity contribution < 1.29 is 0 Å². The molecule has 0 amide bonds. The molecule has 2 aliphatic rings. The monoisotopic (exact) mass is 440 g/mol. The predicted molar refractivity (Wildman–Crippen MR) is 125 cm³/mol. The van der Waals surface area contributed by atoms with Gasteiger partial charge in [0.05, 0.1) is 11.7 Å². The molecule has 1 saturated heterocycles. The van der Waals surface area contributed by atoms with E-state index in [0.29, 0.717) is 12.1 Å². The van der Waals surface area contributed by atoms with Crippen molar-refractivity contribution in [1.29, 1.82) is 0 Å². The Bertz CT molecular complexity index is 992. The predicted octanol–water partition coefficient (Wildman–Crippen LogP) is 5.77. The van der Waals surface area contributed by atoms with Crippen LogP contribution in [0.25, 0.3) is 11.3 Å². The zero-order valence-corrected chi connectivity index (χ0v) is 18.4. The summed E-state index contributed by atoms with van der Waals surface area (Å²) in [6, 6.07) is 19.4. The highest BCUT2D eigenvalue weighted by molar-refractivity contribution is 6.31. The molecule has 2 atom stereocenters. The van der Waals surface area contributed by atoms with Crippen molar-refractivity contribution in [2.45, 2.75) is 31.3 Å². The SMILES string of the molecule is Clc1ccc(N2CCN([C@H]3CC[C@H](n4ccc(-c5cccc(Cl)c5)n4)C3)CC2)cc1. The van der Waals surface area contributed by atoms with Gasteiger partial charge in [-0.1, -0.05) is 35.3 Å². The second kappa shape index (κ2) is 8.62. The van der Waals surface area contributed by atoms with Crippen molar-refractivity contribution in [3.8, 4) is 11.3 Å². The average Bonchev–Trinajstić information content (AvgIpc) is 3.44. The van der Waals surface area contributed by atoms with E-state index in [1.54, 1.807) is 0 Å². The number of rotatable bonds is 4. The van der Waals surface area contributed by atoms with Crippen molar-refractivity contribution in [3.05, 3.63) is 70.8 Å². The van der Waals surface area contributed by atoms with Gasteiger partial charge >= 0.3 is 0 Å². The van der Waals surface area contributed by atoms with Crippen molar-refractivity contribution in [2.75, 3.05) is 31.1 Å². The first-order valence-corrected chi connectivity index (χ1v) is 11.5. The fraction of sp³-hybridized carbons (Fsp3) is 0.375. The molecule has 6 heteroatoms. The van der Waals surface area contributed by atoms with Crippen LogP contribution in [0.4, 0.5) is 5.69 Å². The van der Waals surface area contributed by atoms with Crippen LogP contribution in [0.3, 0.4) is 0 Å². The van der Waals surface area contributed by atoms with Crippen LogP contribution in [-0.2, 0) is 0 Å². The number of nitrogens with zero attached hydrogens (tertiary/aromatic N) is 4. The zero-order valence-electron chi connectivity index (χ0n) is 16.9. The van der Waals surface area contributed by atoms with E-state index in [1.807, 2.05) is 30.3 Å². The molecular formula is C24H26Cl2N4. The molecule has 0 spiro atoms. The second-order valence-electron chi connectivity index (χ2n) is 8.31. The highest BCUT2D eigenvalue weighted by Crippen LogP contribution is 2.34. The number of aromatic nitrogens is 2. The quantitative estimate of drug-likeness (QED) is 0.514. The van der Waals surface area contributed by atoms with Crippen LogP contribution < -0.4 is 4.90 Å². The van der Waals surface area contributed by atoms with E-state index in [9.17, 15) is 0 Å². The van der Waals surface area contributed by atoms with Gasteiger partial charge in [-0.3, -0.25) is 9.58 Å². The topological polar surface area (TPSA) is 24.3 Å². The van der Waals surface area contributed by atoms with Crippen molar-refractivity contribution >= 4 is 28.9 Å². The smallest absolute Gasteiger partial charge is 0.0923 e. The fourth-order valence-electron chi connectivity index (χ4n) is 4.85. The van der Waals surface area contributed by atoms with Gasteiger partial charge in [0.2, 0.25) is 0 Å². The Hall–Kier alpha value is -2.01. The van der Waals surface area contributed by atoms with Crippen LogP contribution in [-0.4, -0.2) is 46.9 Å². The standard InChI is InChI=1S/C24H26Cl2N4/c25-19-4-6-21(7-5-19)28-12-14-29(15-13-28)22-8-9-23(17-22)30-11-10-24(27-30)18-2-1-3-20(26)16-18/h1-7,10-11,16,22-23H,8-9,12-15,17H2/t22-,23-/m0/s1. The lowest BCUT2D eigenvalue weighted by Gasteiger charge is -2.39. The lowest BCUT2D eigenvalue weighted by molar-refractivity contribution is 0.183. The molecule has 0 N–H and O–H groups in total. The molecular weight excluding hydrogens is 415 g/mol. The van der Waals surface area contributed by atoms with Gasteiger partial charge in [-0.15, -0.1) is 0 Å². The van der Waals surface area contributed by atoms with Gasteiger partial charge in [0.25, 0.3) is 0 Å². The van der Waals surface area contributed by atoms with Crippen LogP contribution >= 0.6 is 23.2 Å². The van der Waals surface area contributed by atoms with Crippen LogP contribution in [0.5, 0.6) is 0 Å². The summed E-state index contributed by atoms with van der Waals surface area (Å²) >= 11 is 12.2. The Balaban J connectivity index is 1.18. The van der Waals surface area contributed by atoms with Gasteiger partial charge in [0.15, 0.2) is 0 Å². The van der Waals surface area contributed by atoms with E-state index in [-0.39, 0.29) is 0 Å². The van der Waals surface area contributed by atoms with E-state index >= 15 is 0 Å². The van der Waals surface area contributed by atoms with E-state index in [1.165, 1.54) is 24.9 Å². The third kappa shape index (κ3) is 4.22. The molecule has 156 valence electrons. The van der Waals surface area contributed by atoms with Crippen molar-refractivity contribution in [1.82, 2.24) is 14.7 Å². The summed E-state index contributed by atoms with van der Waals surface area (Å²) in [6.07, 6.45) is 5.75. The summed E-state index contributed by atoms with van der Waals surface area (Å²) in [5.41, 5.74) is 3.35. The number of anilines is 1. The molecule has 2 heterocycles. The zero-order chi connectivity index (χ0) is 20.5. The van der Waals surface area contributed by atoms with Crippen LogP contribution in [0.15, 0.2) is 60.8 Å². The Kier molecular flexibility index (Phi) is 5.72. The van der Waals surface area contributed by atoms with Gasteiger partial charge in [0.1, 0.15) is 0 Å². The maximum atomic E-state index is 6.14. The summed E-state index contributed by atoms with van der Waals surface area (Å²) in [4.78, 5) is 5.14. The molecule has 0 radical (unpaired) electrons. The van der Waals surface area contributed by atoms with Crippen molar-refractivity contribution in [2.24, 2.45) is 0 Å². The summed E-state index contributed by atoms with van der Waals surface area (Å²) < 4.78 is 2.17. The summed E-state index contributed by atoms with van der Waals surface area (Å²) in [5, 5.41) is 6.41. The Morgan fingerprint density at radius 1 is 0.800 bits per heavy atom. The average molecular weight is 441 g/mol. The minimum Gasteiger partial charge on any atom is -0.369 e. The highest BCUT2D eigenvalue weighted by atomic mass is 35.5. The highest BCUT2D eigenvalue weighted by Gasteiger charge is 2.32. The van der Waals surface area contributed by atoms with Gasteiger partial charge in [-0.05, 0) is 61.7 Å². The second-order valence-corrected chi connectivity index (χ2v) is 9.18. The molecule has 5 rings (SSSR count). The normalized spacial score (nSPS) is 22.5. The van der Waals surface area contributed by atoms with Gasteiger partial charge < -0.3 is 4.90 Å². The first-order valence-electron chi connectivity index (χ1n) is 10.7. The molecule has 30 heavy (non-hydrogen) atoms. The maximum Gasteiger partial charge on any atom is 0.0923 e. The van der Waals surface area contributed by atoms with E-state index in [4.69, 9.17) is 28.3 Å². The molecule has 4 nitrogen and oxygen atoms in total. The molecule has 2 fully saturated rings. The third-order valence-electron chi connectivity index (χ3n) is 6.50. The Morgan fingerprint density at radius 3 is 2.33 bits per heavy atom. The van der Waals surface area contributed by atoms with Crippen LogP contribution in [0.1, 0.15) is 25.3 Å². The Labute approximate surface area is 188 Å². The van der Waals surface area contributed by atoms with Crippen LogP contribution in [0, 0.1) is 0 Å². The summed E-state index contributed by atoms with van der Waals surface area (Å²) in [6.45, 7) is 4.38. The number of hydrogen-bond acceptors (Lipinski definition) is 3. The number of benzene rings is 2. The van der Waals surface area contributed by atoms with Crippen molar-refractivity contribution in [3.63, 3.8) is 0 Å². The Morgan fingerprint density at radius 2 is 1.57 bits per heavy atom. The molecule has 2 aromatic carbocycles. The first kappa shape index (κ1) is 19.9. The van der Waals surface area contributed by atoms with E-state index in [2.05, 4.69) is 44.9 Å². The fourth-order valence-corrected chi connectivity index (χ4v) is 5.16. The molecule has 3 aromatic rings. The largest absolute Gasteiger partial charge is 0.369 e. The lowest BCUT2D eigenvalue weighted by Crippen LogP contribution is -2.49. The van der Waals surface area contributed by atoms with Gasteiger partial charge in [-0.25, -0.2) is 0 Å². The molecule has 0 bridgehead atoms. The molecule has 0 unspecified atom stereocenters. The molecule has 1 aliphatic heterocycles. The third-order valence-corrected chi connectivity index (χ3v) is 6.99. The van der Waals surface area contributed by atoms with Gasteiger partial charge in [-0.2, -0.15) is 5.10 Å². The van der Waals surface area contributed by atoms with Gasteiger partial charge in [0, 0.05) is 59.7 Å². The number of piperazine rings is 1. The minimum absolute atomic E-state index is 0.484. The van der Waals surface area contributed by atoms with E-state index in [0.717, 1.165) is 47.5 Å². The van der Waals surface area contributed by atoms with Crippen LogP contribution in [0.2, 0.25) is 10.0 Å².